The lowest BCUT2D eigenvalue weighted by molar-refractivity contribution is -0.140. The molecule has 0 spiro atoms. The molecule has 0 saturated carbocycles. The third-order valence-electron chi connectivity index (χ3n) is 6.67. The molecule has 204 valence electrons. The molecule has 1 fully saturated rings. The third-order valence-corrected chi connectivity index (χ3v) is 6.67. The van der Waals surface area contributed by atoms with Crippen molar-refractivity contribution in [1.82, 2.24) is 9.80 Å². The first-order chi connectivity index (χ1) is 18.9. The predicted molar refractivity (Wildman–Crippen MR) is 152 cm³/mol. The van der Waals surface area contributed by atoms with Crippen LogP contribution in [-0.4, -0.2) is 60.4 Å². The van der Waals surface area contributed by atoms with E-state index < -0.39 is 17.7 Å². The van der Waals surface area contributed by atoms with Crippen molar-refractivity contribution in [2.75, 3.05) is 33.8 Å². The number of ketones is 1. The van der Waals surface area contributed by atoms with Gasteiger partial charge in [0.05, 0.1) is 18.2 Å². The lowest BCUT2D eigenvalue weighted by Crippen LogP contribution is -2.35. The molecule has 1 atom stereocenters. The quantitative estimate of drug-likeness (QED) is 0.146. The number of likely N-dealkylation sites (tertiary alicyclic amines) is 1. The van der Waals surface area contributed by atoms with E-state index in [-0.39, 0.29) is 11.3 Å². The zero-order valence-corrected chi connectivity index (χ0v) is 22.8. The fraction of sp³-hybridized carbons (Fsp3) is 0.312. The molecule has 7 heteroatoms. The van der Waals surface area contributed by atoms with Crippen LogP contribution in [0.15, 0.2) is 84.4 Å². The van der Waals surface area contributed by atoms with E-state index in [1.807, 2.05) is 73.6 Å². The Bertz CT molecular complexity index is 1280. The van der Waals surface area contributed by atoms with Crippen molar-refractivity contribution in [2.45, 2.75) is 32.4 Å². The molecule has 1 aliphatic rings. The summed E-state index contributed by atoms with van der Waals surface area (Å²) < 4.78 is 11.6. The van der Waals surface area contributed by atoms with Crippen LogP contribution in [-0.2, 0) is 16.2 Å². The average Bonchev–Trinajstić information content (AvgIpc) is 3.21. The Morgan fingerprint density at radius 3 is 2.18 bits per heavy atom. The third kappa shape index (κ3) is 6.86. The first-order valence-corrected chi connectivity index (χ1v) is 13.3. The summed E-state index contributed by atoms with van der Waals surface area (Å²) >= 11 is 0. The summed E-state index contributed by atoms with van der Waals surface area (Å²) in [6.45, 7) is 4.08. The van der Waals surface area contributed by atoms with Crippen LogP contribution >= 0.6 is 0 Å². The van der Waals surface area contributed by atoms with Crippen LogP contribution in [0.4, 0.5) is 0 Å². The smallest absolute Gasteiger partial charge is 0.295 e. The Balaban J connectivity index is 1.62. The Morgan fingerprint density at radius 1 is 0.897 bits per heavy atom. The van der Waals surface area contributed by atoms with Gasteiger partial charge in [-0.25, -0.2) is 0 Å². The molecule has 1 saturated heterocycles. The fourth-order valence-corrected chi connectivity index (χ4v) is 4.45. The molecule has 39 heavy (non-hydrogen) atoms. The topological polar surface area (TPSA) is 79.3 Å². The zero-order valence-electron chi connectivity index (χ0n) is 22.8. The molecule has 0 bridgehead atoms. The maximum Gasteiger partial charge on any atom is 0.295 e. The summed E-state index contributed by atoms with van der Waals surface area (Å²) in [5.74, 6) is -0.150. The van der Waals surface area contributed by atoms with E-state index in [0.29, 0.717) is 37.6 Å². The molecule has 1 aliphatic heterocycles. The standard InChI is InChI=1S/C32H36N2O5/c1-4-5-21-38-26-15-11-24(12-16-26)29-28(31(36)32(37)34(29)20-19-33(2)3)30(35)25-13-17-27(18-14-25)39-22-23-9-7-6-8-10-23/h6-18,29,35H,4-5,19-22H2,1-3H3/b30-28+. The first kappa shape index (κ1) is 27.9. The second-order valence-corrected chi connectivity index (χ2v) is 9.87. The van der Waals surface area contributed by atoms with Crippen LogP contribution in [0, 0.1) is 0 Å². The Morgan fingerprint density at radius 2 is 1.54 bits per heavy atom. The van der Waals surface area contributed by atoms with E-state index in [1.165, 1.54) is 4.90 Å². The van der Waals surface area contributed by atoms with Crippen molar-refractivity contribution >= 4 is 17.4 Å². The molecule has 7 nitrogen and oxygen atoms in total. The minimum atomic E-state index is -0.705. The normalized spacial score (nSPS) is 16.6. The van der Waals surface area contributed by atoms with Gasteiger partial charge in [0, 0.05) is 18.7 Å². The van der Waals surface area contributed by atoms with Gasteiger partial charge in [-0.05, 0) is 68.0 Å². The van der Waals surface area contributed by atoms with Crippen molar-refractivity contribution in [3.05, 3.63) is 101 Å². The van der Waals surface area contributed by atoms with Crippen LogP contribution < -0.4 is 9.47 Å². The number of carbonyl (C=O) groups is 2. The van der Waals surface area contributed by atoms with Gasteiger partial charge in [0.25, 0.3) is 11.7 Å². The van der Waals surface area contributed by atoms with E-state index >= 15 is 0 Å². The minimum Gasteiger partial charge on any atom is -0.507 e. The van der Waals surface area contributed by atoms with Gasteiger partial charge in [0.15, 0.2) is 0 Å². The molecule has 0 radical (unpaired) electrons. The number of Topliss-reactive ketones (excluding diaryl/α,β-unsaturated/α-hetero) is 1. The molecule has 0 aromatic heterocycles. The molecular formula is C32H36N2O5. The Labute approximate surface area is 230 Å². The van der Waals surface area contributed by atoms with Crippen LogP contribution in [0.25, 0.3) is 5.76 Å². The largest absolute Gasteiger partial charge is 0.507 e. The molecule has 3 aromatic rings. The number of benzene rings is 3. The van der Waals surface area contributed by atoms with Crippen molar-refractivity contribution < 1.29 is 24.2 Å². The molecule has 4 rings (SSSR count). The molecule has 0 aliphatic carbocycles. The number of likely N-dealkylation sites (N-methyl/N-ethyl adjacent to an activating group) is 1. The van der Waals surface area contributed by atoms with E-state index in [9.17, 15) is 14.7 Å². The van der Waals surface area contributed by atoms with Gasteiger partial charge in [0.2, 0.25) is 0 Å². The molecule has 1 N–H and O–H groups in total. The maximum atomic E-state index is 13.3. The highest BCUT2D eigenvalue weighted by Gasteiger charge is 2.45. The number of unbranched alkanes of at least 4 members (excludes halogenated alkanes) is 1. The zero-order chi connectivity index (χ0) is 27.8. The molecular weight excluding hydrogens is 492 g/mol. The van der Waals surface area contributed by atoms with E-state index in [2.05, 4.69) is 6.92 Å². The molecule has 1 unspecified atom stereocenters. The number of ether oxygens (including phenoxy) is 2. The highest BCUT2D eigenvalue weighted by Crippen LogP contribution is 2.40. The predicted octanol–water partition coefficient (Wildman–Crippen LogP) is 5.43. The van der Waals surface area contributed by atoms with Crippen LogP contribution in [0.3, 0.4) is 0 Å². The van der Waals surface area contributed by atoms with Gasteiger partial charge in [-0.1, -0.05) is 55.8 Å². The van der Waals surface area contributed by atoms with Gasteiger partial charge in [-0.2, -0.15) is 0 Å². The SMILES string of the molecule is CCCCOc1ccc(C2/C(=C(\O)c3ccc(OCc4ccccc4)cc3)C(=O)C(=O)N2CCN(C)C)cc1. The summed E-state index contributed by atoms with van der Waals surface area (Å²) in [7, 11) is 3.82. The summed E-state index contributed by atoms with van der Waals surface area (Å²) in [4.78, 5) is 29.9. The first-order valence-electron chi connectivity index (χ1n) is 13.3. The van der Waals surface area contributed by atoms with Crippen molar-refractivity contribution in [1.29, 1.82) is 0 Å². The average molecular weight is 529 g/mol. The number of carbonyl (C=O) groups excluding carboxylic acids is 2. The summed E-state index contributed by atoms with van der Waals surface area (Å²) in [6, 6.07) is 23.4. The van der Waals surface area contributed by atoms with Crippen LogP contribution in [0.2, 0.25) is 0 Å². The monoisotopic (exact) mass is 528 g/mol. The minimum absolute atomic E-state index is 0.0800. The summed E-state index contributed by atoms with van der Waals surface area (Å²) in [5.41, 5.74) is 2.30. The van der Waals surface area contributed by atoms with E-state index in [0.717, 1.165) is 29.7 Å². The number of hydrogen-bond donors (Lipinski definition) is 1. The van der Waals surface area contributed by atoms with Gasteiger partial charge >= 0.3 is 0 Å². The van der Waals surface area contributed by atoms with Crippen molar-refractivity contribution in [3.8, 4) is 11.5 Å². The number of aliphatic hydroxyl groups excluding tert-OH is 1. The summed E-state index contributed by atoms with van der Waals surface area (Å²) in [5, 5.41) is 11.3. The number of rotatable bonds is 12. The number of amides is 1. The molecule has 1 amide bonds. The Kier molecular flexibility index (Phi) is 9.39. The van der Waals surface area contributed by atoms with Crippen LogP contribution in [0.5, 0.6) is 11.5 Å². The van der Waals surface area contributed by atoms with Gasteiger partial charge < -0.3 is 24.4 Å². The van der Waals surface area contributed by atoms with Gasteiger partial charge in [0.1, 0.15) is 23.9 Å². The number of hydrogen-bond acceptors (Lipinski definition) is 6. The highest BCUT2D eigenvalue weighted by atomic mass is 16.5. The molecule has 3 aromatic carbocycles. The second kappa shape index (κ2) is 13.1. The van der Waals surface area contributed by atoms with Crippen molar-refractivity contribution in [3.63, 3.8) is 0 Å². The molecule has 1 heterocycles. The van der Waals surface area contributed by atoms with E-state index in [1.54, 1.807) is 24.3 Å². The Hall–Kier alpha value is -4.10. The summed E-state index contributed by atoms with van der Waals surface area (Å²) in [6.07, 6.45) is 2.00. The van der Waals surface area contributed by atoms with Crippen molar-refractivity contribution in [2.24, 2.45) is 0 Å². The number of aliphatic hydroxyl groups is 1. The van der Waals surface area contributed by atoms with Gasteiger partial charge in [-0.3, -0.25) is 9.59 Å². The highest BCUT2D eigenvalue weighted by molar-refractivity contribution is 6.46. The second-order valence-electron chi connectivity index (χ2n) is 9.87. The maximum absolute atomic E-state index is 13.3. The van der Waals surface area contributed by atoms with Crippen LogP contribution in [0.1, 0.15) is 42.5 Å². The fourth-order valence-electron chi connectivity index (χ4n) is 4.45. The lowest BCUT2D eigenvalue weighted by atomic mass is 9.95. The van der Waals surface area contributed by atoms with Gasteiger partial charge in [-0.15, -0.1) is 0 Å². The number of nitrogens with zero attached hydrogens (tertiary/aromatic N) is 2. The van der Waals surface area contributed by atoms with E-state index in [4.69, 9.17) is 9.47 Å². The lowest BCUT2D eigenvalue weighted by Gasteiger charge is -2.26.